The molecule has 0 radical (unpaired) electrons. The summed E-state index contributed by atoms with van der Waals surface area (Å²) in [7, 11) is 0. The average molecular weight is 352 g/mol. The Morgan fingerprint density at radius 2 is 1.92 bits per heavy atom. The molecule has 3 aromatic rings. The number of nitrogens with zero attached hydrogens (tertiary/aromatic N) is 1. The number of hydrogen-bond acceptors (Lipinski definition) is 4. The number of ketones is 1. The van der Waals surface area contributed by atoms with Gasteiger partial charge in [-0.15, -0.1) is 0 Å². The maximum absolute atomic E-state index is 13.3. The van der Waals surface area contributed by atoms with E-state index in [9.17, 15) is 14.0 Å². The van der Waals surface area contributed by atoms with E-state index in [2.05, 4.69) is 10.3 Å². The first-order valence-electron chi connectivity index (χ1n) is 8.05. The number of hydrogen-bond donors (Lipinski definition) is 1. The molecule has 132 valence electrons. The summed E-state index contributed by atoms with van der Waals surface area (Å²) in [5.41, 5.74) is 2.04. The van der Waals surface area contributed by atoms with Crippen LogP contribution in [0.25, 0.3) is 11.5 Å². The van der Waals surface area contributed by atoms with Crippen molar-refractivity contribution in [3.05, 3.63) is 71.4 Å². The molecule has 0 bridgehead atoms. The van der Waals surface area contributed by atoms with Crippen LogP contribution < -0.4 is 5.32 Å². The minimum absolute atomic E-state index is 0.00888. The molecule has 5 nitrogen and oxygen atoms in total. The molecule has 26 heavy (non-hydrogen) atoms. The fraction of sp³-hybridized carbons (Fsp3) is 0.150. The van der Waals surface area contributed by atoms with Crippen molar-refractivity contribution in [1.82, 2.24) is 4.98 Å². The number of halogens is 1. The van der Waals surface area contributed by atoms with Crippen LogP contribution in [-0.4, -0.2) is 16.7 Å². The number of aromatic nitrogens is 1. The molecule has 0 spiro atoms. The van der Waals surface area contributed by atoms with Gasteiger partial charge in [0.15, 0.2) is 5.78 Å². The van der Waals surface area contributed by atoms with Gasteiger partial charge >= 0.3 is 0 Å². The van der Waals surface area contributed by atoms with Crippen LogP contribution in [0.1, 0.15) is 28.7 Å². The number of carbonyl (C=O) groups is 2. The Hall–Kier alpha value is -3.28. The Morgan fingerprint density at radius 3 is 2.65 bits per heavy atom. The van der Waals surface area contributed by atoms with Crippen molar-refractivity contribution in [3.8, 4) is 11.5 Å². The number of benzene rings is 2. The first-order chi connectivity index (χ1) is 12.4. The zero-order valence-corrected chi connectivity index (χ0v) is 14.4. The highest BCUT2D eigenvalue weighted by Crippen LogP contribution is 2.23. The molecule has 1 aromatic heterocycles. The van der Waals surface area contributed by atoms with Gasteiger partial charge in [0.05, 0.1) is 12.1 Å². The Kier molecular flexibility index (Phi) is 4.93. The first-order valence-corrected chi connectivity index (χ1v) is 8.05. The highest BCUT2D eigenvalue weighted by atomic mass is 19.1. The van der Waals surface area contributed by atoms with Gasteiger partial charge in [-0.05, 0) is 44.2 Å². The molecule has 1 heterocycles. The minimum Gasteiger partial charge on any atom is -0.441 e. The Balaban J connectivity index is 1.74. The molecule has 1 amide bonds. The molecule has 1 N–H and O–H groups in total. The monoisotopic (exact) mass is 352 g/mol. The van der Waals surface area contributed by atoms with E-state index in [0.717, 1.165) is 0 Å². The number of Topliss-reactive ketones (excluding diaryl/α,β-unsaturated/α-hetero) is 1. The Bertz CT molecular complexity index is 979. The normalized spacial score (nSPS) is 10.6. The van der Waals surface area contributed by atoms with E-state index in [1.165, 1.54) is 19.1 Å². The van der Waals surface area contributed by atoms with E-state index in [1.807, 2.05) is 0 Å². The highest BCUT2D eigenvalue weighted by Gasteiger charge is 2.15. The second-order valence-electron chi connectivity index (χ2n) is 5.89. The predicted octanol–water partition coefficient (Wildman–Crippen LogP) is 4.17. The largest absolute Gasteiger partial charge is 0.441 e. The summed E-state index contributed by atoms with van der Waals surface area (Å²) in [4.78, 5) is 28.0. The summed E-state index contributed by atoms with van der Waals surface area (Å²) in [6.45, 7) is 3.17. The number of nitrogens with one attached hydrogen (secondary N) is 1. The third-order valence-electron chi connectivity index (χ3n) is 3.85. The molecule has 0 aliphatic heterocycles. The maximum atomic E-state index is 13.3. The lowest BCUT2D eigenvalue weighted by molar-refractivity contribution is -0.115. The average Bonchev–Trinajstić information content (AvgIpc) is 2.95. The third kappa shape index (κ3) is 4.03. The summed E-state index contributed by atoms with van der Waals surface area (Å²) in [6.07, 6.45) is 0.00888. The van der Waals surface area contributed by atoms with Crippen LogP contribution in [0.4, 0.5) is 10.1 Å². The van der Waals surface area contributed by atoms with Gasteiger partial charge in [0.25, 0.3) is 0 Å². The van der Waals surface area contributed by atoms with Crippen molar-refractivity contribution < 1.29 is 18.4 Å². The van der Waals surface area contributed by atoms with Crippen molar-refractivity contribution >= 4 is 17.4 Å². The lowest BCUT2D eigenvalue weighted by atomic mass is 10.1. The Morgan fingerprint density at radius 1 is 1.15 bits per heavy atom. The fourth-order valence-electron chi connectivity index (χ4n) is 2.51. The van der Waals surface area contributed by atoms with Gasteiger partial charge < -0.3 is 9.73 Å². The number of carbonyl (C=O) groups excluding carboxylic acids is 2. The zero-order valence-electron chi connectivity index (χ0n) is 14.4. The van der Waals surface area contributed by atoms with Crippen molar-refractivity contribution in [3.63, 3.8) is 0 Å². The molecular formula is C20H17FN2O3. The lowest BCUT2D eigenvalue weighted by Crippen LogP contribution is -2.15. The van der Waals surface area contributed by atoms with Gasteiger partial charge in [0.1, 0.15) is 11.6 Å². The smallest absolute Gasteiger partial charge is 0.230 e. The van der Waals surface area contributed by atoms with E-state index < -0.39 is 0 Å². The van der Waals surface area contributed by atoms with Crippen molar-refractivity contribution in [2.24, 2.45) is 0 Å². The quantitative estimate of drug-likeness (QED) is 0.700. The van der Waals surface area contributed by atoms with E-state index in [4.69, 9.17) is 4.42 Å². The fourth-order valence-corrected chi connectivity index (χ4v) is 2.51. The summed E-state index contributed by atoms with van der Waals surface area (Å²) < 4.78 is 18.9. The Labute approximate surface area is 149 Å². The first kappa shape index (κ1) is 17.5. The van der Waals surface area contributed by atoms with Crippen molar-refractivity contribution in [2.75, 3.05) is 5.32 Å². The van der Waals surface area contributed by atoms with E-state index in [-0.39, 0.29) is 29.8 Å². The summed E-state index contributed by atoms with van der Waals surface area (Å²) in [5.74, 6) is 0.0179. The van der Waals surface area contributed by atoms with Gasteiger partial charge in [0, 0.05) is 16.8 Å². The standard InChI is InChI=1S/C20H17FN2O3/c1-12(24)14-5-4-8-17(10-14)22-19(25)11-18-13(2)26-20(23-18)15-6-3-7-16(21)9-15/h3-10H,11H2,1-2H3,(H,22,25). The molecule has 0 saturated heterocycles. The van der Waals surface area contributed by atoms with Crippen LogP contribution in [-0.2, 0) is 11.2 Å². The number of amides is 1. The molecular weight excluding hydrogens is 335 g/mol. The van der Waals surface area contributed by atoms with Gasteiger partial charge in [-0.3, -0.25) is 9.59 Å². The van der Waals surface area contributed by atoms with Crippen molar-refractivity contribution in [1.29, 1.82) is 0 Å². The molecule has 0 aliphatic rings. The van der Waals surface area contributed by atoms with Crippen LogP contribution in [0, 0.1) is 12.7 Å². The zero-order chi connectivity index (χ0) is 18.7. The molecule has 6 heteroatoms. The van der Waals surface area contributed by atoms with E-state index in [0.29, 0.717) is 28.3 Å². The molecule has 3 rings (SSSR count). The third-order valence-corrected chi connectivity index (χ3v) is 3.85. The molecule has 0 fully saturated rings. The molecule has 0 saturated carbocycles. The number of rotatable bonds is 5. The van der Waals surface area contributed by atoms with Gasteiger partial charge in [-0.2, -0.15) is 0 Å². The van der Waals surface area contributed by atoms with Crippen LogP contribution in [0.3, 0.4) is 0 Å². The summed E-state index contributed by atoms with van der Waals surface area (Å²) >= 11 is 0. The minimum atomic E-state index is -0.386. The predicted molar refractivity (Wildman–Crippen MR) is 95.4 cm³/mol. The van der Waals surface area contributed by atoms with Crippen LogP contribution in [0.2, 0.25) is 0 Å². The molecule has 0 aliphatic carbocycles. The van der Waals surface area contributed by atoms with Crippen LogP contribution in [0.15, 0.2) is 52.9 Å². The summed E-state index contributed by atoms with van der Waals surface area (Å²) in [5, 5.41) is 2.74. The number of aryl methyl sites for hydroxylation is 1. The van der Waals surface area contributed by atoms with Gasteiger partial charge in [0.2, 0.25) is 11.8 Å². The van der Waals surface area contributed by atoms with Gasteiger partial charge in [-0.25, -0.2) is 9.37 Å². The molecule has 2 aromatic carbocycles. The van der Waals surface area contributed by atoms with Crippen LogP contribution >= 0.6 is 0 Å². The maximum Gasteiger partial charge on any atom is 0.230 e. The second-order valence-corrected chi connectivity index (χ2v) is 5.89. The lowest BCUT2D eigenvalue weighted by Gasteiger charge is -2.05. The summed E-state index contributed by atoms with van der Waals surface area (Å²) in [6, 6.07) is 12.6. The highest BCUT2D eigenvalue weighted by molar-refractivity contribution is 5.97. The second kappa shape index (κ2) is 7.31. The molecule has 0 atom stereocenters. The molecule has 0 unspecified atom stereocenters. The van der Waals surface area contributed by atoms with E-state index in [1.54, 1.807) is 43.3 Å². The number of anilines is 1. The van der Waals surface area contributed by atoms with Crippen molar-refractivity contribution in [2.45, 2.75) is 20.3 Å². The van der Waals surface area contributed by atoms with Gasteiger partial charge in [-0.1, -0.05) is 18.2 Å². The van der Waals surface area contributed by atoms with E-state index >= 15 is 0 Å². The number of oxazole rings is 1. The topological polar surface area (TPSA) is 72.2 Å². The van der Waals surface area contributed by atoms with Crippen LogP contribution in [0.5, 0.6) is 0 Å². The SMILES string of the molecule is CC(=O)c1cccc(NC(=O)Cc2nc(-c3cccc(F)c3)oc2C)c1.